The van der Waals surface area contributed by atoms with Gasteiger partial charge in [-0.05, 0) is 56.3 Å². The van der Waals surface area contributed by atoms with Crippen LogP contribution in [0.1, 0.15) is 110 Å². The van der Waals surface area contributed by atoms with Crippen LogP contribution in [0.5, 0.6) is 0 Å². The molecular formula is C22H39N. The summed E-state index contributed by atoms with van der Waals surface area (Å²) < 4.78 is 0. The molecule has 0 aromatic heterocycles. The maximum Gasteiger partial charge on any atom is 0.0692 e. The van der Waals surface area contributed by atoms with Crippen LogP contribution < -0.4 is 0 Å². The Hall–Kier alpha value is -0.510. The molecule has 1 nitrogen and oxygen atoms in total. The summed E-state index contributed by atoms with van der Waals surface area (Å²) in [7, 11) is 0. The largest absolute Gasteiger partial charge is 0.198 e. The molecule has 0 unspecified atom stereocenters. The van der Waals surface area contributed by atoms with Crippen LogP contribution in [-0.4, -0.2) is 0 Å². The Balaban J connectivity index is 1.78. The summed E-state index contributed by atoms with van der Waals surface area (Å²) >= 11 is 0. The molecule has 2 aliphatic rings. The van der Waals surface area contributed by atoms with E-state index < -0.39 is 0 Å². The third kappa shape index (κ3) is 5.23. The minimum Gasteiger partial charge on any atom is -0.198 e. The predicted molar refractivity (Wildman–Crippen MR) is 99.1 cm³/mol. The molecule has 2 aliphatic carbocycles. The Labute approximate surface area is 145 Å². The lowest BCUT2D eigenvalue weighted by Crippen LogP contribution is -2.36. The van der Waals surface area contributed by atoms with Crippen LogP contribution in [0.15, 0.2) is 0 Å². The third-order valence-electron chi connectivity index (χ3n) is 7.03. The Morgan fingerprint density at radius 3 is 1.91 bits per heavy atom. The van der Waals surface area contributed by atoms with E-state index in [1.807, 2.05) is 0 Å². The summed E-state index contributed by atoms with van der Waals surface area (Å²) in [4.78, 5) is 0. The lowest BCUT2D eigenvalue weighted by molar-refractivity contribution is 0.0843. The van der Waals surface area contributed by atoms with E-state index in [9.17, 15) is 5.26 Å². The quantitative estimate of drug-likeness (QED) is 0.432. The zero-order valence-corrected chi connectivity index (χ0v) is 15.8. The van der Waals surface area contributed by atoms with Crippen molar-refractivity contribution in [1.29, 1.82) is 5.26 Å². The van der Waals surface area contributed by atoms with Gasteiger partial charge in [0.05, 0.1) is 11.5 Å². The second kappa shape index (κ2) is 9.71. The van der Waals surface area contributed by atoms with Crippen LogP contribution >= 0.6 is 0 Å². The van der Waals surface area contributed by atoms with E-state index in [1.54, 1.807) is 0 Å². The highest BCUT2D eigenvalue weighted by Gasteiger charge is 2.43. The zero-order valence-electron chi connectivity index (χ0n) is 15.8. The molecular weight excluding hydrogens is 278 g/mol. The third-order valence-corrected chi connectivity index (χ3v) is 7.03. The first-order valence-electron chi connectivity index (χ1n) is 10.6. The van der Waals surface area contributed by atoms with Gasteiger partial charge in [0.25, 0.3) is 0 Å². The first kappa shape index (κ1) is 18.8. The van der Waals surface area contributed by atoms with Crippen molar-refractivity contribution < 1.29 is 0 Å². The van der Waals surface area contributed by atoms with Gasteiger partial charge in [-0.15, -0.1) is 0 Å². The molecule has 0 saturated heterocycles. The fourth-order valence-electron chi connectivity index (χ4n) is 5.27. The van der Waals surface area contributed by atoms with E-state index in [2.05, 4.69) is 19.9 Å². The topological polar surface area (TPSA) is 23.8 Å². The van der Waals surface area contributed by atoms with Crippen molar-refractivity contribution in [2.24, 2.45) is 23.2 Å². The molecule has 0 atom stereocenters. The molecule has 0 bridgehead atoms. The Bertz CT molecular complexity index is 351. The van der Waals surface area contributed by atoms with E-state index in [1.165, 1.54) is 96.3 Å². The number of nitrogens with zero attached hydrogens (tertiary/aromatic N) is 1. The highest BCUT2D eigenvalue weighted by Crippen LogP contribution is 2.50. The first-order valence-corrected chi connectivity index (χ1v) is 10.6. The van der Waals surface area contributed by atoms with E-state index in [0.29, 0.717) is 5.92 Å². The summed E-state index contributed by atoms with van der Waals surface area (Å²) in [6.45, 7) is 4.59. The second-order valence-corrected chi connectivity index (χ2v) is 8.57. The van der Waals surface area contributed by atoms with Gasteiger partial charge in [-0.1, -0.05) is 71.6 Å². The number of rotatable bonds is 8. The van der Waals surface area contributed by atoms with Crippen LogP contribution in [0.3, 0.4) is 0 Å². The van der Waals surface area contributed by atoms with Gasteiger partial charge in [0.15, 0.2) is 0 Å². The highest BCUT2D eigenvalue weighted by atomic mass is 14.5. The number of hydrogen-bond acceptors (Lipinski definition) is 1. The lowest BCUT2D eigenvalue weighted by Gasteiger charge is -2.43. The molecule has 0 N–H and O–H groups in total. The van der Waals surface area contributed by atoms with Gasteiger partial charge >= 0.3 is 0 Å². The fourth-order valence-corrected chi connectivity index (χ4v) is 5.27. The molecule has 0 aliphatic heterocycles. The summed E-state index contributed by atoms with van der Waals surface area (Å²) in [6, 6.07) is 2.83. The van der Waals surface area contributed by atoms with Crippen molar-refractivity contribution in [2.75, 3.05) is 0 Å². The van der Waals surface area contributed by atoms with Gasteiger partial charge in [0, 0.05) is 0 Å². The standard InChI is InChI=1S/C22H39N/c1-3-5-7-9-20-14-16-22(18-23,17-15-20)21-12-10-19(11-13-21)8-6-4-2/h19-21H,3-17H2,1-2H3/t19?,20-,21?,22-. The molecule has 2 fully saturated rings. The Morgan fingerprint density at radius 2 is 1.35 bits per heavy atom. The molecule has 132 valence electrons. The van der Waals surface area contributed by atoms with Crippen LogP contribution in [-0.2, 0) is 0 Å². The van der Waals surface area contributed by atoms with E-state index in [4.69, 9.17) is 0 Å². The van der Waals surface area contributed by atoms with E-state index in [-0.39, 0.29) is 5.41 Å². The SMILES string of the molecule is CCCCC[C@H]1CC[C@](C#N)(C2CCC(CCCC)CC2)CC1. The number of nitriles is 1. The molecule has 0 amide bonds. The molecule has 0 radical (unpaired) electrons. The van der Waals surface area contributed by atoms with Crippen LogP contribution in [0.4, 0.5) is 0 Å². The van der Waals surface area contributed by atoms with Crippen molar-refractivity contribution in [3.8, 4) is 6.07 Å². The van der Waals surface area contributed by atoms with Crippen molar-refractivity contribution in [1.82, 2.24) is 0 Å². The predicted octanol–water partition coefficient (Wildman–Crippen LogP) is 7.26. The molecule has 2 saturated carbocycles. The van der Waals surface area contributed by atoms with E-state index >= 15 is 0 Å². The minimum absolute atomic E-state index is 0.0526. The maximum absolute atomic E-state index is 9.95. The van der Waals surface area contributed by atoms with Crippen molar-refractivity contribution >= 4 is 0 Å². The summed E-state index contributed by atoms with van der Waals surface area (Å²) in [5.41, 5.74) is 0.0526. The summed E-state index contributed by atoms with van der Waals surface area (Å²) in [5.74, 6) is 2.60. The number of unbranched alkanes of at least 4 members (excludes halogenated alkanes) is 3. The Morgan fingerprint density at radius 1 is 0.783 bits per heavy atom. The number of hydrogen-bond donors (Lipinski definition) is 0. The van der Waals surface area contributed by atoms with Crippen LogP contribution in [0, 0.1) is 34.5 Å². The van der Waals surface area contributed by atoms with Crippen molar-refractivity contribution in [3.05, 3.63) is 0 Å². The van der Waals surface area contributed by atoms with Gasteiger partial charge in [-0.25, -0.2) is 0 Å². The average molecular weight is 318 g/mol. The first-order chi connectivity index (χ1) is 11.2. The lowest BCUT2D eigenvalue weighted by atomic mass is 9.59. The highest BCUT2D eigenvalue weighted by molar-refractivity contribution is 5.06. The molecule has 0 aromatic carbocycles. The van der Waals surface area contributed by atoms with Gasteiger partial charge in [0.1, 0.15) is 0 Å². The molecule has 0 heterocycles. The van der Waals surface area contributed by atoms with Gasteiger partial charge in [-0.3, -0.25) is 0 Å². The normalized spacial score (nSPS) is 34.9. The van der Waals surface area contributed by atoms with Crippen molar-refractivity contribution in [3.63, 3.8) is 0 Å². The maximum atomic E-state index is 9.95. The summed E-state index contributed by atoms with van der Waals surface area (Å²) in [6.07, 6.45) is 20.2. The fraction of sp³-hybridized carbons (Fsp3) is 0.955. The van der Waals surface area contributed by atoms with Crippen LogP contribution in [0.2, 0.25) is 0 Å². The van der Waals surface area contributed by atoms with Gasteiger partial charge in [0.2, 0.25) is 0 Å². The molecule has 1 heteroatoms. The summed E-state index contributed by atoms with van der Waals surface area (Å²) in [5, 5.41) is 9.95. The minimum atomic E-state index is 0.0526. The monoisotopic (exact) mass is 317 g/mol. The second-order valence-electron chi connectivity index (χ2n) is 8.57. The van der Waals surface area contributed by atoms with Crippen LogP contribution in [0.25, 0.3) is 0 Å². The zero-order chi connectivity index (χ0) is 16.5. The van der Waals surface area contributed by atoms with E-state index in [0.717, 1.165) is 11.8 Å². The molecule has 0 aromatic rings. The average Bonchev–Trinajstić information content (AvgIpc) is 2.61. The molecule has 23 heavy (non-hydrogen) atoms. The van der Waals surface area contributed by atoms with Crippen molar-refractivity contribution in [2.45, 2.75) is 110 Å². The van der Waals surface area contributed by atoms with Gasteiger partial charge < -0.3 is 0 Å². The smallest absolute Gasteiger partial charge is 0.0692 e. The molecule has 0 spiro atoms. The Kier molecular flexibility index (Phi) is 7.94. The molecule has 2 rings (SSSR count). The van der Waals surface area contributed by atoms with Gasteiger partial charge in [-0.2, -0.15) is 5.26 Å².